The average Bonchev–Trinajstić information content (AvgIpc) is 3.42. The topological polar surface area (TPSA) is 76.1 Å². The monoisotopic (exact) mass is 463 g/mol. The van der Waals surface area contributed by atoms with Gasteiger partial charge in [0.05, 0.1) is 24.3 Å². The lowest BCUT2D eigenvalue weighted by molar-refractivity contribution is -0.140. The van der Waals surface area contributed by atoms with E-state index in [1.165, 1.54) is 5.56 Å². The molecule has 180 valence electrons. The SMILES string of the molecule is CCOc1ccc(/C(O)=C2/C(=O)C(=O)N(CC3CCCO3)C2c2ccc(C(C)C)cc2)cc1C. The van der Waals surface area contributed by atoms with E-state index in [4.69, 9.17) is 9.47 Å². The third kappa shape index (κ3) is 4.60. The highest BCUT2D eigenvalue weighted by Gasteiger charge is 2.47. The Labute approximate surface area is 201 Å². The number of rotatable bonds is 7. The number of benzene rings is 2. The number of ether oxygens (including phenoxy) is 2. The van der Waals surface area contributed by atoms with Crippen molar-refractivity contribution in [1.82, 2.24) is 4.90 Å². The minimum absolute atomic E-state index is 0.108. The maximum Gasteiger partial charge on any atom is 0.295 e. The van der Waals surface area contributed by atoms with Crippen LogP contribution in [-0.4, -0.2) is 47.6 Å². The van der Waals surface area contributed by atoms with Crippen molar-refractivity contribution in [3.63, 3.8) is 0 Å². The molecule has 34 heavy (non-hydrogen) atoms. The van der Waals surface area contributed by atoms with Crippen molar-refractivity contribution in [1.29, 1.82) is 0 Å². The number of hydrogen-bond acceptors (Lipinski definition) is 5. The second-order valence-electron chi connectivity index (χ2n) is 9.32. The van der Waals surface area contributed by atoms with Crippen LogP contribution in [0.15, 0.2) is 48.0 Å². The van der Waals surface area contributed by atoms with Gasteiger partial charge >= 0.3 is 0 Å². The molecule has 2 aromatic carbocycles. The fourth-order valence-electron chi connectivity index (χ4n) is 4.76. The van der Waals surface area contributed by atoms with E-state index in [-0.39, 0.29) is 17.4 Å². The molecular formula is C28H33NO5. The summed E-state index contributed by atoms with van der Waals surface area (Å²) in [4.78, 5) is 28.0. The van der Waals surface area contributed by atoms with E-state index in [2.05, 4.69) is 13.8 Å². The number of ketones is 1. The Morgan fingerprint density at radius 3 is 2.50 bits per heavy atom. The Kier molecular flexibility index (Phi) is 7.08. The summed E-state index contributed by atoms with van der Waals surface area (Å²) in [6, 6.07) is 12.6. The number of carbonyl (C=O) groups is 2. The smallest absolute Gasteiger partial charge is 0.295 e. The molecule has 2 atom stereocenters. The zero-order chi connectivity index (χ0) is 24.4. The molecule has 2 heterocycles. The van der Waals surface area contributed by atoms with Crippen molar-refractivity contribution in [2.24, 2.45) is 0 Å². The molecule has 6 nitrogen and oxygen atoms in total. The first-order chi connectivity index (χ1) is 16.3. The van der Waals surface area contributed by atoms with Gasteiger partial charge in [0.2, 0.25) is 0 Å². The summed E-state index contributed by atoms with van der Waals surface area (Å²) in [6.07, 6.45) is 1.68. The summed E-state index contributed by atoms with van der Waals surface area (Å²) < 4.78 is 11.4. The van der Waals surface area contributed by atoms with Gasteiger partial charge in [0.1, 0.15) is 11.5 Å². The summed E-state index contributed by atoms with van der Waals surface area (Å²) in [7, 11) is 0. The van der Waals surface area contributed by atoms with Crippen LogP contribution in [0, 0.1) is 6.92 Å². The molecule has 0 bridgehead atoms. The number of nitrogens with zero attached hydrogens (tertiary/aromatic N) is 1. The van der Waals surface area contributed by atoms with Gasteiger partial charge in [0.15, 0.2) is 0 Å². The molecule has 1 N–H and O–H groups in total. The number of aryl methyl sites for hydroxylation is 1. The highest BCUT2D eigenvalue weighted by atomic mass is 16.5. The van der Waals surface area contributed by atoms with Crippen LogP contribution in [0.4, 0.5) is 0 Å². The standard InChI is InChI=1S/C28H33NO5/c1-5-33-23-13-12-21(15-18(23)4)26(30)24-25(20-10-8-19(9-11-20)17(2)3)29(28(32)27(24)31)16-22-7-6-14-34-22/h8-13,15,17,22,25,30H,5-7,14,16H2,1-4H3/b26-24-. The third-order valence-corrected chi connectivity index (χ3v) is 6.63. The first kappa shape index (κ1) is 24.0. The van der Waals surface area contributed by atoms with Gasteiger partial charge in [-0.1, -0.05) is 38.1 Å². The number of amides is 1. The predicted molar refractivity (Wildman–Crippen MR) is 131 cm³/mol. The molecule has 2 aliphatic rings. The number of aliphatic hydroxyl groups is 1. The number of likely N-dealkylation sites (tertiary alicyclic amines) is 1. The molecule has 0 aromatic heterocycles. The van der Waals surface area contributed by atoms with E-state index < -0.39 is 17.7 Å². The maximum atomic E-state index is 13.2. The highest BCUT2D eigenvalue weighted by molar-refractivity contribution is 6.46. The van der Waals surface area contributed by atoms with Gasteiger partial charge < -0.3 is 19.5 Å². The fourth-order valence-corrected chi connectivity index (χ4v) is 4.76. The lowest BCUT2D eigenvalue weighted by Crippen LogP contribution is -2.36. The highest BCUT2D eigenvalue weighted by Crippen LogP contribution is 2.40. The molecule has 0 radical (unpaired) electrons. The molecule has 2 saturated heterocycles. The molecule has 2 aliphatic heterocycles. The minimum atomic E-state index is -0.669. The molecule has 2 aromatic rings. The van der Waals surface area contributed by atoms with Crippen LogP contribution in [-0.2, 0) is 14.3 Å². The number of carbonyl (C=O) groups excluding carboxylic acids is 2. The van der Waals surface area contributed by atoms with Crippen molar-refractivity contribution >= 4 is 17.4 Å². The van der Waals surface area contributed by atoms with Gasteiger partial charge in [-0.05, 0) is 67.5 Å². The second kappa shape index (κ2) is 10.0. The van der Waals surface area contributed by atoms with Crippen LogP contribution in [0.25, 0.3) is 5.76 Å². The fraction of sp³-hybridized carbons (Fsp3) is 0.429. The van der Waals surface area contributed by atoms with E-state index in [0.717, 1.165) is 29.7 Å². The Balaban J connectivity index is 1.80. The molecule has 0 saturated carbocycles. The van der Waals surface area contributed by atoms with E-state index in [1.807, 2.05) is 38.1 Å². The van der Waals surface area contributed by atoms with Gasteiger partial charge in [0, 0.05) is 18.7 Å². The van der Waals surface area contributed by atoms with Crippen LogP contribution >= 0.6 is 0 Å². The largest absolute Gasteiger partial charge is 0.507 e. The molecule has 2 fully saturated rings. The van der Waals surface area contributed by atoms with Gasteiger partial charge in [-0.3, -0.25) is 9.59 Å². The minimum Gasteiger partial charge on any atom is -0.507 e. The Morgan fingerprint density at radius 1 is 1.18 bits per heavy atom. The summed E-state index contributed by atoms with van der Waals surface area (Å²) in [5, 5.41) is 11.3. The van der Waals surface area contributed by atoms with Crippen LogP contribution in [0.2, 0.25) is 0 Å². The molecule has 4 rings (SSSR count). The quantitative estimate of drug-likeness (QED) is 0.350. The van der Waals surface area contributed by atoms with Crippen molar-refractivity contribution in [3.8, 4) is 5.75 Å². The summed E-state index contributed by atoms with van der Waals surface area (Å²) >= 11 is 0. The zero-order valence-corrected chi connectivity index (χ0v) is 20.3. The van der Waals surface area contributed by atoms with Crippen molar-refractivity contribution in [3.05, 3.63) is 70.3 Å². The Bertz CT molecular complexity index is 1100. The maximum absolute atomic E-state index is 13.2. The van der Waals surface area contributed by atoms with E-state index in [1.54, 1.807) is 23.1 Å². The Hall–Kier alpha value is -3.12. The van der Waals surface area contributed by atoms with Gasteiger partial charge in [-0.15, -0.1) is 0 Å². The first-order valence-electron chi connectivity index (χ1n) is 12.1. The average molecular weight is 464 g/mol. The van der Waals surface area contributed by atoms with Crippen LogP contribution in [0.5, 0.6) is 5.75 Å². The van der Waals surface area contributed by atoms with Crippen LogP contribution < -0.4 is 4.74 Å². The van der Waals surface area contributed by atoms with Gasteiger partial charge in [-0.25, -0.2) is 0 Å². The molecule has 2 unspecified atom stereocenters. The molecular weight excluding hydrogens is 430 g/mol. The van der Waals surface area contributed by atoms with Crippen molar-refractivity contribution in [2.75, 3.05) is 19.8 Å². The Morgan fingerprint density at radius 2 is 1.91 bits per heavy atom. The zero-order valence-electron chi connectivity index (χ0n) is 20.3. The number of Topliss-reactive ketones (excluding diaryl/α,β-unsaturated/α-hetero) is 1. The van der Waals surface area contributed by atoms with E-state index in [0.29, 0.717) is 31.2 Å². The number of aliphatic hydroxyl groups excluding tert-OH is 1. The third-order valence-electron chi connectivity index (χ3n) is 6.63. The lowest BCUT2D eigenvalue weighted by atomic mass is 9.93. The summed E-state index contributed by atoms with van der Waals surface area (Å²) in [5.74, 6) is -0.354. The molecule has 6 heteroatoms. The van der Waals surface area contributed by atoms with E-state index in [9.17, 15) is 14.7 Å². The van der Waals surface area contributed by atoms with E-state index >= 15 is 0 Å². The van der Waals surface area contributed by atoms with Gasteiger partial charge in [0.25, 0.3) is 11.7 Å². The van der Waals surface area contributed by atoms with Crippen molar-refractivity contribution < 1.29 is 24.2 Å². The van der Waals surface area contributed by atoms with Crippen LogP contribution in [0.1, 0.15) is 67.8 Å². The summed E-state index contributed by atoms with van der Waals surface area (Å²) in [6.45, 7) is 9.55. The summed E-state index contributed by atoms with van der Waals surface area (Å²) in [5.41, 5.74) is 3.41. The van der Waals surface area contributed by atoms with Crippen LogP contribution in [0.3, 0.4) is 0 Å². The normalized spacial score (nSPS) is 22.1. The molecule has 0 aliphatic carbocycles. The molecule has 0 spiro atoms. The van der Waals surface area contributed by atoms with Crippen molar-refractivity contribution in [2.45, 2.75) is 58.6 Å². The second-order valence-corrected chi connectivity index (χ2v) is 9.32. The lowest BCUT2D eigenvalue weighted by Gasteiger charge is -2.27. The van der Waals surface area contributed by atoms with Gasteiger partial charge in [-0.2, -0.15) is 0 Å². The first-order valence-corrected chi connectivity index (χ1v) is 12.1. The molecule has 1 amide bonds. The number of hydrogen-bond donors (Lipinski definition) is 1. The predicted octanol–water partition coefficient (Wildman–Crippen LogP) is 5.12.